The Morgan fingerprint density at radius 3 is 2.60 bits per heavy atom. The van der Waals surface area contributed by atoms with E-state index in [9.17, 15) is 9.59 Å². The number of likely N-dealkylation sites (tertiary alicyclic amines) is 1. The number of ether oxygens (including phenoxy) is 1. The molecule has 0 saturated carbocycles. The van der Waals surface area contributed by atoms with Crippen LogP contribution in [-0.4, -0.2) is 57.1 Å². The lowest BCUT2D eigenvalue weighted by Gasteiger charge is -2.34. The van der Waals surface area contributed by atoms with Crippen LogP contribution < -0.4 is 0 Å². The summed E-state index contributed by atoms with van der Waals surface area (Å²) in [6.07, 6.45) is 4.20. The number of carbonyl (C=O) groups is 2. The molecular weight excluding hydrogens is 400 g/mol. The quantitative estimate of drug-likeness (QED) is 0.704. The predicted molar refractivity (Wildman–Crippen MR) is 118 cm³/mol. The largest absolute Gasteiger partial charge is 0.444 e. The van der Waals surface area contributed by atoms with E-state index in [0.29, 0.717) is 25.3 Å². The van der Waals surface area contributed by atoms with Crippen molar-refractivity contribution in [2.45, 2.75) is 65.1 Å². The molecule has 0 N–H and O–H groups in total. The highest BCUT2D eigenvalue weighted by molar-refractivity contribution is 7.09. The summed E-state index contributed by atoms with van der Waals surface area (Å²) in [7, 11) is 1.82. The van der Waals surface area contributed by atoms with Crippen molar-refractivity contribution in [2.24, 2.45) is 0 Å². The van der Waals surface area contributed by atoms with Crippen molar-refractivity contribution in [1.82, 2.24) is 19.4 Å². The van der Waals surface area contributed by atoms with Crippen LogP contribution in [0, 0.1) is 0 Å². The van der Waals surface area contributed by atoms with Crippen molar-refractivity contribution in [3.05, 3.63) is 40.1 Å². The molecule has 1 aliphatic heterocycles. The van der Waals surface area contributed by atoms with Crippen LogP contribution in [0.15, 0.2) is 23.7 Å². The standard InChI is InChI=1S/C22H32N4O3S/c1-6-19-23-16(15-30-19)14-24(5)20(27)18-8-7-11-26(18)17-9-12-25(13-10-17)21(28)29-22(2,3)4/h7-8,11,15,17H,6,9-10,12-14H2,1-5H3. The lowest BCUT2D eigenvalue weighted by atomic mass is 10.0. The molecular formula is C22H32N4O3S. The minimum absolute atomic E-state index is 0.0133. The summed E-state index contributed by atoms with van der Waals surface area (Å²) in [6, 6.07) is 3.98. The van der Waals surface area contributed by atoms with Gasteiger partial charge in [0, 0.05) is 37.8 Å². The summed E-state index contributed by atoms with van der Waals surface area (Å²) < 4.78 is 7.54. The fraction of sp³-hybridized carbons (Fsp3) is 0.591. The number of aromatic nitrogens is 2. The maximum absolute atomic E-state index is 13.1. The van der Waals surface area contributed by atoms with Gasteiger partial charge in [0.2, 0.25) is 0 Å². The smallest absolute Gasteiger partial charge is 0.410 e. The van der Waals surface area contributed by atoms with Crippen molar-refractivity contribution in [3.63, 3.8) is 0 Å². The third-order valence-corrected chi connectivity index (χ3v) is 6.20. The molecule has 2 aromatic heterocycles. The molecule has 3 rings (SSSR count). The number of carbonyl (C=O) groups excluding carboxylic acids is 2. The van der Waals surface area contributed by atoms with Crippen LogP contribution in [0.1, 0.15) is 67.8 Å². The van der Waals surface area contributed by atoms with E-state index in [-0.39, 0.29) is 18.0 Å². The third-order valence-electron chi connectivity index (χ3n) is 5.16. The van der Waals surface area contributed by atoms with Crippen molar-refractivity contribution in [3.8, 4) is 0 Å². The predicted octanol–water partition coefficient (Wildman–Crippen LogP) is 4.35. The summed E-state index contributed by atoms with van der Waals surface area (Å²) in [4.78, 5) is 33.4. The number of hydrogen-bond acceptors (Lipinski definition) is 5. The average molecular weight is 433 g/mol. The van der Waals surface area contributed by atoms with Gasteiger partial charge in [0.05, 0.1) is 17.2 Å². The summed E-state index contributed by atoms with van der Waals surface area (Å²) >= 11 is 1.64. The second-order valence-electron chi connectivity index (χ2n) is 8.75. The first-order valence-corrected chi connectivity index (χ1v) is 11.4. The van der Waals surface area contributed by atoms with Gasteiger partial charge in [-0.2, -0.15) is 0 Å². The molecule has 0 aliphatic carbocycles. The fourth-order valence-corrected chi connectivity index (χ4v) is 4.38. The van der Waals surface area contributed by atoms with Crippen LogP contribution >= 0.6 is 11.3 Å². The van der Waals surface area contributed by atoms with E-state index in [1.54, 1.807) is 21.1 Å². The number of aryl methyl sites for hydroxylation is 1. The van der Waals surface area contributed by atoms with Crippen molar-refractivity contribution in [2.75, 3.05) is 20.1 Å². The number of nitrogens with zero attached hydrogens (tertiary/aromatic N) is 4. The maximum atomic E-state index is 13.1. The van der Waals surface area contributed by atoms with Gasteiger partial charge in [-0.05, 0) is 52.2 Å². The molecule has 0 unspecified atom stereocenters. The lowest BCUT2D eigenvalue weighted by molar-refractivity contribution is 0.0186. The number of thiazole rings is 1. The molecule has 2 aromatic rings. The zero-order chi connectivity index (χ0) is 21.9. The Hall–Kier alpha value is -2.35. The van der Waals surface area contributed by atoms with E-state index in [1.165, 1.54) is 0 Å². The Balaban J connectivity index is 1.61. The van der Waals surface area contributed by atoms with Crippen molar-refractivity contribution < 1.29 is 14.3 Å². The second-order valence-corrected chi connectivity index (χ2v) is 9.69. The van der Waals surface area contributed by atoms with Crippen molar-refractivity contribution >= 4 is 23.3 Å². The molecule has 0 aromatic carbocycles. The molecule has 0 radical (unpaired) electrons. The average Bonchev–Trinajstić information content (AvgIpc) is 3.35. The highest BCUT2D eigenvalue weighted by Crippen LogP contribution is 2.26. The number of rotatable bonds is 5. The molecule has 0 bridgehead atoms. The Labute approximate surface area is 182 Å². The van der Waals surface area contributed by atoms with E-state index < -0.39 is 5.60 Å². The summed E-state index contributed by atoms with van der Waals surface area (Å²) in [5.41, 5.74) is 1.11. The van der Waals surface area contributed by atoms with Gasteiger partial charge >= 0.3 is 6.09 Å². The van der Waals surface area contributed by atoms with Gasteiger partial charge in [0.15, 0.2) is 0 Å². The highest BCUT2D eigenvalue weighted by atomic mass is 32.1. The Morgan fingerprint density at radius 1 is 1.30 bits per heavy atom. The van der Waals surface area contributed by atoms with Crippen LogP contribution in [0.2, 0.25) is 0 Å². The Bertz CT molecular complexity index is 875. The van der Waals surface area contributed by atoms with Gasteiger partial charge in [0.25, 0.3) is 5.91 Å². The van der Waals surface area contributed by atoms with Crippen molar-refractivity contribution in [1.29, 1.82) is 0 Å². The maximum Gasteiger partial charge on any atom is 0.410 e. The van der Waals surface area contributed by atoms with Gasteiger partial charge in [0.1, 0.15) is 11.3 Å². The number of amides is 2. The molecule has 1 saturated heterocycles. The van der Waals surface area contributed by atoms with Crippen LogP contribution in [-0.2, 0) is 17.7 Å². The molecule has 8 heteroatoms. The van der Waals surface area contributed by atoms with E-state index >= 15 is 0 Å². The monoisotopic (exact) mass is 432 g/mol. The SMILES string of the molecule is CCc1nc(CN(C)C(=O)c2cccn2C2CCN(C(=O)OC(C)(C)C)CC2)cs1. The molecule has 0 atom stereocenters. The van der Waals surface area contributed by atoms with Gasteiger partial charge in [-0.3, -0.25) is 4.79 Å². The molecule has 1 fully saturated rings. The Morgan fingerprint density at radius 2 is 2.00 bits per heavy atom. The minimum Gasteiger partial charge on any atom is -0.444 e. The van der Waals surface area contributed by atoms with Crippen LogP contribution in [0.5, 0.6) is 0 Å². The summed E-state index contributed by atoms with van der Waals surface area (Å²) in [6.45, 7) is 9.46. The van der Waals surface area contributed by atoms with Crippen LogP contribution in [0.4, 0.5) is 4.79 Å². The zero-order valence-corrected chi connectivity index (χ0v) is 19.4. The molecule has 2 amide bonds. The minimum atomic E-state index is -0.492. The summed E-state index contributed by atoms with van der Waals surface area (Å²) in [5, 5.41) is 3.11. The topological polar surface area (TPSA) is 67.7 Å². The van der Waals surface area contributed by atoms with Crippen LogP contribution in [0.3, 0.4) is 0 Å². The molecule has 3 heterocycles. The van der Waals surface area contributed by atoms with Crippen LogP contribution in [0.25, 0.3) is 0 Å². The number of piperidine rings is 1. The highest BCUT2D eigenvalue weighted by Gasteiger charge is 2.29. The van der Waals surface area contributed by atoms with E-state index in [1.807, 2.05) is 51.5 Å². The van der Waals surface area contributed by atoms with E-state index in [4.69, 9.17) is 4.74 Å². The second kappa shape index (κ2) is 9.20. The third kappa shape index (κ3) is 5.41. The Kier molecular flexibility index (Phi) is 6.85. The zero-order valence-electron chi connectivity index (χ0n) is 18.6. The normalized spacial score (nSPS) is 15.3. The van der Waals surface area contributed by atoms with Gasteiger partial charge in [-0.25, -0.2) is 9.78 Å². The number of hydrogen-bond donors (Lipinski definition) is 0. The first-order valence-electron chi connectivity index (χ1n) is 10.5. The van der Waals surface area contributed by atoms with E-state index in [2.05, 4.69) is 16.5 Å². The van der Waals surface area contributed by atoms with Gasteiger partial charge in [-0.1, -0.05) is 6.92 Å². The van der Waals surface area contributed by atoms with E-state index in [0.717, 1.165) is 30.0 Å². The molecule has 164 valence electrons. The molecule has 0 spiro atoms. The fourth-order valence-electron chi connectivity index (χ4n) is 3.64. The first kappa shape index (κ1) is 22.3. The molecule has 1 aliphatic rings. The van der Waals surface area contributed by atoms with Gasteiger partial charge < -0.3 is 19.1 Å². The first-order chi connectivity index (χ1) is 14.2. The van der Waals surface area contributed by atoms with Gasteiger partial charge in [-0.15, -0.1) is 11.3 Å². The molecule has 7 nitrogen and oxygen atoms in total. The molecule has 30 heavy (non-hydrogen) atoms. The lowest BCUT2D eigenvalue weighted by Crippen LogP contribution is -2.42. The summed E-state index contributed by atoms with van der Waals surface area (Å²) in [5.74, 6) is -0.0133.